The number of hydrogen-bond acceptors (Lipinski definition) is 29. The van der Waals surface area contributed by atoms with Crippen molar-refractivity contribution < 1.29 is 77.8 Å². The maximum absolute atomic E-state index is 12.5. The summed E-state index contributed by atoms with van der Waals surface area (Å²) < 4.78 is 5.83. The monoisotopic (exact) mass is 1560 g/mol. The number of rotatable bonds is 40. The third kappa shape index (κ3) is 29.6. The number of nitro benzene ring substituents is 6. The second-order valence-electron chi connectivity index (χ2n) is 24.3. The third-order valence-electron chi connectivity index (χ3n) is 16.0. The number of aromatic carboxylic acids is 1. The Bertz CT molecular complexity index is 4490. The number of benzene rings is 6. The van der Waals surface area contributed by atoms with Gasteiger partial charge in [0.05, 0.1) is 53.3 Å². The van der Waals surface area contributed by atoms with Gasteiger partial charge in [-0.2, -0.15) is 0 Å². The summed E-state index contributed by atoms with van der Waals surface area (Å²) >= 11 is 5.39. The van der Waals surface area contributed by atoms with Crippen molar-refractivity contribution in [3.63, 3.8) is 0 Å². The number of fused-ring (bicyclic) bond motifs is 2. The molecule has 0 unspecified atom stereocenters. The SMILES string of the molecule is NCCCN.NCCCNC(=O)CCCCCNc1ccc([N+](=O)[O-])cc1[N+](=O)[O-].O=C(CCCCCNc1ccc([N+](=O)[O-])cc1[N+](=O)[O-])NCCCNC(=S)Nc1ccc(-c2c3ccc(=O)cc-3oc3cc([O-])ccc23)c(C(=O)O)c1.O=C(CCCCCNc1ccc([N+](=O)[O-])cc1[N+](=O)[O-])ON1C(=O)CCC1=O. The van der Waals surface area contributed by atoms with Gasteiger partial charge >= 0.3 is 11.9 Å². The van der Waals surface area contributed by atoms with Crippen LogP contribution in [-0.2, 0) is 28.8 Å². The van der Waals surface area contributed by atoms with Crippen molar-refractivity contribution in [2.45, 2.75) is 109 Å². The van der Waals surface area contributed by atoms with Crippen LogP contribution in [0.15, 0.2) is 118 Å². The number of hydroxylamine groups is 2. The average molecular weight is 1560 g/mol. The predicted octanol–water partition coefficient (Wildman–Crippen LogP) is 8.93. The Morgan fingerprint density at radius 2 is 0.937 bits per heavy atom. The summed E-state index contributed by atoms with van der Waals surface area (Å²) in [5, 5.41) is 109. The number of anilines is 4. The molecule has 0 aromatic heterocycles. The number of imide groups is 1. The highest BCUT2D eigenvalue weighted by Crippen LogP contribution is 2.43. The molecular weight excluding hydrogens is 1480 g/mol. The molecule has 594 valence electrons. The van der Waals surface area contributed by atoms with Crippen LogP contribution in [0.1, 0.15) is 120 Å². The Kier molecular flexibility index (Phi) is 36.9. The summed E-state index contributed by atoms with van der Waals surface area (Å²) in [5.74, 6) is -3.17. The highest BCUT2D eigenvalue weighted by atomic mass is 32.1. The molecule has 41 heteroatoms. The summed E-state index contributed by atoms with van der Waals surface area (Å²) in [6, 6.07) is 23.4. The molecule has 40 nitrogen and oxygen atoms in total. The second kappa shape index (κ2) is 46.3. The van der Waals surface area contributed by atoms with E-state index in [0.717, 1.165) is 63.4 Å². The number of nitrogens with one attached hydrogen (secondary N) is 7. The Morgan fingerprint density at radius 1 is 0.486 bits per heavy atom. The van der Waals surface area contributed by atoms with Gasteiger partial charge in [-0.1, -0.05) is 37.5 Å². The Labute approximate surface area is 637 Å². The third-order valence-corrected chi connectivity index (χ3v) is 16.3. The van der Waals surface area contributed by atoms with Crippen molar-refractivity contribution in [1.82, 2.24) is 21.0 Å². The fraction of sp³-hybridized carbons (Fsp3) is 0.371. The van der Waals surface area contributed by atoms with E-state index in [1.807, 2.05) is 0 Å². The highest BCUT2D eigenvalue weighted by Gasteiger charge is 2.33. The standard InChI is InChI=1S/C36H34N6O10S.C16H18N4O8.C15H23N5O5.C3H10N2/c43-23-8-11-26-31(19-23)52-32-20-24(44)9-12-27(32)34(26)25-10-6-21(17-28(25)35(46)47)40-36(53)39-16-4-15-38-33(45)5-2-1-3-14-37-29-13-7-22(41(48)49)18-30(29)42(50)51;21-14-7-8-15(22)18(14)28-16(23)4-2-1-3-9-17-12-6-5-11(19(24)25)10-13(12)20(26)27;16-8-4-10-18-15(21)5-2-1-3-9-17-13-7-6-12(19(22)23)11-14(13)20(24)25;4-2-1-3-5/h6-13,17-20,37,43H,1-5,14-16H2,(H,38,45)(H,46,47)(H2,39,40,53);5-6,10,17H,1-4,7-9H2;6-7,11,17H,1-5,8-10,16H2,(H,18,21);1-5H2/p-1. The molecule has 111 heavy (non-hydrogen) atoms. The number of carbonyl (C=O) groups is 6. The van der Waals surface area contributed by atoms with E-state index in [-0.39, 0.29) is 110 Å². The summed E-state index contributed by atoms with van der Waals surface area (Å²) in [7, 11) is 0. The van der Waals surface area contributed by atoms with Crippen molar-refractivity contribution in [1.29, 1.82) is 0 Å². The minimum atomic E-state index is -1.20. The number of unbranched alkanes of at least 4 members (excludes halogenated alkanes) is 6. The highest BCUT2D eigenvalue weighted by molar-refractivity contribution is 7.80. The molecule has 0 spiro atoms. The summed E-state index contributed by atoms with van der Waals surface area (Å²) in [4.78, 5) is 149. The van der Waals surface area contributed by atoms with Crippen molar-refractivity contribution in [3.8, 4) is 28.2 Å². The fourth-order valence-electron chi connectivity index (χ4n) is 10.5. The number of nitrogens with two attached hydrogens (primary N) is 3. The zero-order valence-corrected chi connectivity index (χ0v) is 60.8. The number of nitrogens with zero attached hydrogens (tertiary/aromatic N) is 7. The lowest BCUT2D eigenvalue weighted by atomic mass is 9.90. The van der Waals surface area contributed by atoms with Gasteiger partial charge in [-0.15, -0.1) is 10.8 Å². The fourth-order valence-corrected chi connectivity index (χ4v) is 10.7. The molecule has 2 heterocycles. The van der Waals surface area contributed by atoms with E-state index in [1.54, 1.807) is 24.3 Å². The molecule has 0 atom stereocenters. The van der Waals surface area contributed by atoms with Crippen LogP contribution in [0.4, 0.5) is 56.9 Å². The van der Waals surface area contributed by atoms with Crippen molar-refractivity contribution in [2.24, 2.45) is 17.2 Å². The number of carbonyl (C=O) groups excluding carboxylic acids is 5. The van der Waals surface area contributed by atoms with Crippen molar-refractivity contribution in [3.05, 3.63) is 186 Å². The van der Waals surface area contributed by atoms with E-state index >= 15 is 0 Å². The number of nitro groups is 6. The van der Waals surface area contributed by atoms with E-state index in [1.165, 1.54) is 66.7 Å². The number of amides is 4. The van der Waals surface area contributed by atoms with Gasteiger partial charge in [0.2, 0.25) is 11.8 Å². The number of non-ortho nitro benzene ring substituents is 3. The molecule has 0 saturated carbocycles. The number of carboxylic acid groups (broad SMARTS) is 1. The van der Waals surface area contributed by atoms with Gasteiger partial charge in [-0.25, -0.2) is 9.59 Å². The van der Waals surface area contributed by atoms with Crippen molar-refractivity contribution in [2.75, 3.05) is 80.2 Å². The first-order valence-electron chi connectivity index (χ1n) is 34.9. The van der Waals surface area contributed by atoms with Gasteiger partial charge in [-0.05, 0) is 144 Å². The molecule has 5 aromatic carbocycles. The average Bonchev–Trinajstić information content (AvgIpc) is 1.27. The molecule has 5 aromatic rings. The summed E-state index contributed by atoms with van der Waals surface area (Å²) in [6.07, 6.45) is 8.85. The van der Waals surface area contributed by atoms with Crippen LogP contribution in [0, 0.1) is 60.7 Å². The Morgan fingerprint density at radius 3 is 1.38 bits per heavy atom. The summed E-state index contributed by atoms with van der Waals surface area (Å²) in [6.45, 7) is 4.61. The van der Waals surface area contributed by atoms with Crippen LogP contribution in [0.5, 0.6) is 5.75 Å². The normalized spacial score (nSPS) is 11.3. The molecule has 1 saturated heterocycles. The molecule has 4 amide bonds. The van der Waals surface area contributed by atoms with E-state index in [9.17, 15) is 104 Å². The summed E-state index contributed by atoms with van der Waals surface area (Å²) in [5.41, 5.74) is 15.6. The second-order valence-corrected chi connectivity index (χ2v) is 24.7. The van der Waals surface area contributed by atoms with E-state index in [0.29, 0.717) is 136 Å². The number of thiocarbonyl (C=S) groups is 1. The van der Waals surface area contributed by atoms with Crippen LogP contribution in [0.3, 0.4) is 0 Å². The van der Waals surface area contributed by atoms with Gasteiger partial charge in [0.25, 0.3) is 45.9 Å². The van der Waals surface area contributed by atoms with E-state index in [4.69, 9.17) is 38.7 Å². The van der Waals surface area contributed by atoms with Crippen LogP contribution in [0.2, 0.25) is 0 Å². The molecule has 2 aliphatic heterocycles. The van der Waals surface area contributed by atoms with Gasteiger partial charge in [0.15, 0.2) is 10.5 Å². The topological polar surface area (TPSA) is 609 Å². The van der Waals surface area contributed by atoms with E-state index in [2.05, 4.69) is 37.2 Å². The zero-order chi connectivity index (χ0) is 81.5. The molecule has 3 aliphatic rings. The lowest BCUT2D eigenvalue weighted by Gasteiger charge is -2.18. The lowest BCUT2D eigenvalue weighted by Crippen LogP contribution is -2.32. The van der Waals surface area contributed by atoms with E-state index < -0.39 is 59.0 Å². The zero-order valence-electron chi connectivity index (χ0n) is 60.0. The lowest BCUT2D eigenvalue weighted by molar-refractivity contribution is -0.393. The first-order chi connectivity index (χ1) is 53.1. The molecule has 14 N–H and O–H groups in total. The molecular formula is C70H84N17O23S-. The molecule has 1 fully saturated rings. The van der Waals surface area contributed by atoms with Crippen LogP contribution in [0.25, 0.3) is 33.4 Å². The predicted molar refractivity (Wildman–Crippen MR) is 410 cm³/mol. The number of hydrogen-bond donors (Lipinski definition) is 11. The minimum absolute atomic E-state index is 0.00702. The van der Waals surface area contributed by atoms with Crippen LogP contribution >= 0.6 is 12.2 Å². The van der Waals surface area contributed by atoms with Gasteiger partial charge in [0.1, 0.15) is 28.4 Å². The maximum atomic E-state index is 12.5. The Balaban J connectivity index is 0.000000318. The first kappa shape index (κ1) is 88.6. The molecule has 1 aliphatic carbocycles. The minimum Gasteiger partial charge on any atom is -0.872 e. The number of carboxylic acids is 1. The van der Waals surface area contributed by atoms with Crippen molar-refractivity contribution >= 4 is 121 Å². The maximum Gasteiger partial charge on any atom is 0.336 e. The first-order valence-corrected chi connectivity index (χ1v) is 35.3. The van der Waals surface area contributed by atoms with Gasteiger partial charge in [0, 0.05) is 118 Å². The van der Waals surface area contributed by atoms with Gasteiger partial charge in [-0.3, -0.25) is 84.7 Å². The molecule has 0 bridgehead atoms. The Hall–Kier alpha value is -13.0. The van der Waals surface area contributed by atoms with Crippen LogP contribution in [-0.4, -0.2) is 139 Å². The molecule has 8 rings (SSSR count). The van der Waals surface area contributed by atoms with Crippen LogP contribution < -0.4 is 65.0 Å². The quantitative estimate of drug-likeness (QED) is 0.00426. The smallest absolute Gasteiger partial charge is 0.336 e. The van der Waals surface area contributed by atoms with Gasteiger partial charge < -0.3 is 73.9 Å². The molecule has 0 radical (unpaired) electrons. The largest absolute Gasteiger partial charge is 0.872 e.